The fraction of sp³-hybridized carbons (Fsp3) is 0.438. The molecule has 1 aromatic rings. The summed E-state index contributed by atoms with van der Waals surface area (Å²) in [6.07, 6.45) is 2.21. The van der Waals surface area contributed by atoms with Crippen LogP contribution in [0.2, 0.25) is 0 Å². The first kappa shape index (κ1) is 12.8. The molecule has 5 heteroatoms. The molecule has 21 heavy (non-hydrogen) atoms. The number of rotatable bonds is 1. The van der Waals surface area contributed by atoms with Crippen molar-refractivity contribution in [2.75, 3.05) is 13.1 Å². The summed E-state index contributed by atoms with van der Waals surface area (Å²) in [6, 6.07) is 6.76. The van der Waals surface area contributed by atoms with Gasteiger partial charge in [0.05, 0.1) is 18.8 Å². The molecule has 0 spiro atoms. The van der Waals surface area contributed by atoms with Gasteiger partial charge in [0, 0.05) is 19.8 Å². The molecular formula is C16H19FN3O+. The maximum Gasteiger partial charge on any atom is 0.238 e. The molecule has 5 rings (SSSR count). The molecule has 2 unspecified atom stereocenters. The van der Waals surface area contributed by atoms with E-state index in [1.165, 1.54) is 22.2 Å². The number of hydrogen-bond acceptors (Lipinski definition) is 2. The third-order valence-electron chi connectivity index (χ3n) is 4.99. The molecule has 2 saturated heterocycles. The van der Waals surface area contributed by atoms with Gasteiger partial charge >= 0.3 is 0 Å². The Morgan fingerprint density at radius 1 is 1.38 bits per heavy atom. The summed E-state index contributed by atoms with van der Waals surface area (Å²) in [7, 11) is 0. The van der Waals surface area contributed by atoms with Crippen molar-refractivity contribution < 1.29 is 14.1 Å². The van der Waals surface area contributed by atoms with Crippen molar-refractivity contribution in [3.8, 4) is 0 Å². The summed E-state index contributed by atoms with van der Waals surface area (Å²) >= 11 is 0. The lowest BCUT2D eigenvalue weighted by Gasteiger charge is -2.38. The number of halogens is 1. The lowest BCUT2D eigenvalue weighted by atomic mass is 9.86. The summed E-state index contributed by atoms with van der Waals surface area (Å²) in [6.45, 7) is 3.79. The number of benzene rings is 1. The van der Waals surface area contributed by atoms with Gasteiger partial charge in [-0.1, -0.05) is 12.1 Å². The molecule has 110 valence electrons. The van der Waals surface area contributed by atoms with E-state index in [1.54, 1.807) is 24.1 Å². The molecule has 4 heterocycles. The van der Waals surface area contributed by atoms with Gasteiger partial charge in [0.2, 0.25) is 5.91 Å². The van der Waals surface area contributed by atoms with Crippen molar-refractivity contribution in [3.63, 3.8) is 0 Å². The quantitative estimate of drug-likeness (QED) is 0.792. The SMILES string of the molecule is CC(=O)N1NC2=C3CC[NH+](CC3)C2C1c1cccc(F)c1. The molecule has 2 N–H and O–H groups in total. The number of nitrogens with one attached hydrogen (secondary N) is 2. The Balaban J connectivity index is 1.82. The number of hydrazine groups is 1. The molecule has 4 aliphatic rings. The highest BCUT2D eigenvalue weighted by molar-refractivity contribution is 5.74. The standard InChI is InChI=1S/C16H18FN3O/c1-10(21)20-15(12-3-2-4-13(17)9-12)16-14(18-20)11-5-7-19(16)8-6-11/h2-4,9,15-16,18H,5-8H2,1H3/p+1. The highest BCUT2D eigenvalue weighted by atomic mass is 19.1. The second kappa shape index (κ2) is 4.56. The number of piperidine rings is 1. The number of hydrogen-bond donors (Lipinski definition) is 2. The average Bonchev–Trinajstić information content (AvgIpc) is 2.91. The van der Waals surface area contributed by atoms with Crippen LogP contribution in [-0.2, 0) is 4.79 Å². The largest absolute Gasteiger partial charge is 0.325 e. The number of amides is 1. The zero-order chi connectivity index (χ0) is 14.6. The number of fused-ring (bicyclic) bond motifs is 2. The molecule has 4 nitrogen and oxygen atoms in total. The van der Waals surface area contributed by atoms with Gasteiger partial charge in [0.25, 0.3) is 0 Å². The summed E-state index contributed by atoms with van der Waals surface area (Å²) < 4.78 is 13.6. The second-order valence-corrected chi connectivity index (χ2v) is 6.15. The highest BCUT2D eigenvalue weighted by Gasteiger charge is 2.51. The summed E-state index contributed by atoms with van der Waals surface area (Å²) in [5.74, 6) is -0.269. The Morgan fingerprint density at radius 2 is 2.14 bits per heavy atom. The van der Waals surface area contributed by atoms with Crippen LogP contribution in [0.15, 0.2) is 35.5 Å². The van der Waals surface area contributed by atoms with Gasteiger partial charge in [-0.05, 0) is 23.3 Å². The Morgan fingerprint density at radius 3 is 2.81 bits per heavy atom. The first-order chi connectivity index (χ1) is 10.1. The number of quaternary nitrogens is 1. The van der Waals surface area contributed by atoms with Crippen molar-refractivity contribution in [2.45, 2.75) is 31.8 Å². The van der Waals surface area contributed by atoms with Crippen molar-refractivity contribution in [1.82, 2.24) is 10.4 Å². The fourth-order valence-corrected chi connectivity index (χ4v) is 4.06. The van der Waals surface area contributed by atoms with Gasteiger partial charge < -0.3 is 4.90 Å². The van der Waals surface area contributed by atoms with E-state index in [-0.39, 0.29) is 23.8 Å². The van der Waals surface area contributed by atoms with E-state index in [9.17, 15) is 9.18 Å². The van der Waals surface area contributed by atoms with Crippen LogP contribution in [0.4, 0.5) is 4.39 Å². The van der Waals surface area contributed by atoms with Crippen molar-refractivity contribution >= 4 is 5.91 Å². The Labute approximate surface area is 123 Å². The molecule has 0 aromatic heterocycles. The summed E-state index contributed by atoms with van der Waals surface area (Å²) in [5, 5.41) is 1.69. The number of carbonyl (C=O) groups is 1. The highest BCUT2D eigenvalue weighted by Crippen LogP contribution is 2.36. The van der Waals surface area contributed by atoms with E-state index in [1.807, 2.05) is 6.07 Å². The van der Waals surface area contributed by atoms with Crippen LogP contribution in [0, 0.1) is 5.82 Å². The van der Waals surface area contributed by atoms with Crippen molar-refractivity contribution in [1.29, 1.82) is 0 Å². The van der Waals surface area contributed by atoms with E-state index in [0.717, 1.165) is 31.5 Å². The van der Waals surface area contributed by atoms with Gasteiger partial charge in [-0.25, -0.2) is 9.40 Å². The summed E-state index contributed by atoms with van der Waals surface area (Å²) in [4.78, 5) is 13.5. The van der Waals surface area contributed by atoms with Crippen LogP contribution in [0.3, 0.4) is 0 Å². The Hall–Kier alpha value is -1.88. The second-order valence-electron chi connectivity index (χ2n) is 6.15. The van der Waals surface area contributed by atoms with Crippen LogP contribution in [-0.4, -0.2) is 30.0 Å². The number of nitrogens with zero attached hydrogens (tertiary/aromatic N) is 1. The molecule has 2 fully saturated rings. The predicted octanol–water partition coefficient (Wildman–Crippen LogP) is 0.549. The third-order valence-corrected chi connectivity index (χ3v) is 4.99. The zero-order valence-electron chi connectivity index (χ0n) is 12.0. The molecule has 0 aliphatic carbocycles. The topological polar surface area (TPSA) is 36.8 Å². The van der Waals surface area contributed by atoms with Gasteiger partial charge in [-0.3, -0.25) is 10.2 Å². The van der Waals surface area contributed by atoms with Gasteiger partial charge in [-0.15, -0.1) is 0 Å². The lowest BCUT2D eigenvalue weighted by Crippen LogP contribution is -3.18. The number of carbonyl (C=O) groups excluding carboxylic acids is 1. The molecule has 0 radical (unpaired) electrons. The maximum absolute atomic E-state index is 13.6. The Kier molecular flexibility index (Phi) is 2.79. The van der Waals surface area contributed by atoms with Crippen molar-refractivity contribution in [2.24, 2.45) is 0 Å². The minimum Gasteiger partial charge on any atom is -0.325 e. The molecule has 2 atom stereocenters. The van der Waals surface area contributed by atoms with Crippen LogP contribution < -0.4 is 10.3 Å². The third kappa shape index (κ3) is 1.87. The monoisotopic (exact) mass is 288 g/mol. The smallest absolute Gasteiger partial charge is 0.238 e. The van der Waals surface area contributed by atoms with Crippen LogP contribution >= 0.6 is 0 Å². The van der Waals surface area contributed by atoms with Gasteiger partial charge in [-0.2, -0.15) is 0 Å². The normalized spacial score (nSPS) is 30.4. The van der Waals surface area contributed by atoms with E-state index in [2.05, 4.69) is 5.43 Å². The predicted molar refractivity (Wildman–Crippen MR) is 75.5 cm³/mol. The lowest BCUT2D eigenvalue weighted by molar-refractivity contribution is -0.927. The van der Waals surface area contributed by atoms with Gasteiger partial charge in [0.15, 0.2) is 6.04 Å². The minimum atomic E-state index is -0.247. The molecule has 1 aromatic carbocycles. The van der Waals surface area contributed by atoms with Gasteiger partial charge in [0.1, 0.15) is 11.9 Å². The molecule has 1 amide bonds. The first-order valence-corrected chi connectivity index (χ1v) is 7.53. The minimum absolute atomic E-state index is 0.0215. The molecule has 0 saturated carbocycles. The average molecular weight is 288 g/mol. The maximum atomic E-state index is 13.6. The van der Waals surface area contributed by atoms with Crippen LogP contribution in [0.1, 0.15) is 31.4 Å². The molecule has 4 aliphatic heterocycles. The molecule has 2 bridgehead atoms. The van der Waals surface area contributed by atoms with Crippen molar-refractivity contribution in [3.05, 3.63) is 46.9 Å². The van der Waals surface area contributed by atoms with Crippen LogP contribution in [0.5, 0.6) is 0 Å². The summed E-state index contributed by atoms with van der Waals surface area (Å²) in [5.41, 5.74) is 6.83. The fourth-order valence-electron chi connectivity index (χ4n) is 4.06. The van der Waals surface area contributed by atoms with E-state index in [4.69, 9.17) is 0 Å². The molecular weight excluding hydrogens is 269 g/mol. The van der Waals surface area contributed by atoms with E-state index in [0.29, 0.717) is 0 Å². The van der Waals surface area contributed by atoms with E-state index >= 15 is 0 Å². The first-order valence-electron chi connectivity index (χ1n) is 7.53. The van der Waals surface area contributed by atoms with Crippen LogP contribution in [0.25, 0.3) is 0 Å². The zero-order valence-corrected chi connectivity index (χ0v) is 12.0. The van der Waals surface area contributed by atoms with E-state index < -0.39 is 0 Å². The Bertz CT molecular complexity index is 632.